The van der Waals surface area contributed by atoms with Crippen LogP contribution in [0.15, 0.2) is 29.0 Å². The summed E-state index contributed by atoms with van der Waals surface area (Å²) in [6.45, 7) is 0. The highest BCUT2D eigenvalue weighted by Crippen LogP contribution is 2.17. The van der Waals surface area contributed by atoms with Gasteiger partial charge in [0.2, 0.25) is 0 Å². The predicted octanol–water partition coefficient (Wildman–Crippen LogP) is 1.45. The third-order valence-corrected chi connectivity index (χ3v) is 1.78. The lowest BCUT2D eigenvalue weighted by atomic mass is 10.1. The first kappa shape index (κ1) is 7.79. The number of nitrogens with zero attached hydrogens (tertiary/aromatic N) is 1. The fourth-order valence-electron chi connectivity index (χ4n) is 1.25. The van der Waals surface area contributed by atoms with E-state index in [1.807, 2.05) is 0 Å². The van der Waals surface area contributed by atoms with Gasteiger partial charge in [-0.2, -0.15) is 0 Å². The molecular formula is C9H7NO3. The molecule has 66 valence electrons. The number of benzene rings is 1. The van der Waals surface area contributed by atoms with Crippen molar-refractivity contribution < 1.29 is 14.3 Å². The van der Waals surface area contributed by atoms with Crippen molar-refractivity contribution in [2.24, 2.45) is 0 Å². The fourth-order valence-corrected chi connectivity index (χ4v) is 1.25. The van der Waals surface area contributed by atoms with E-state index in [0.717, 1.165) is 0 Å². The molecule has 0 spiro atoms. The quantitative estimate of drug-likeness (QED) is 0.754. The minimum atomic E-state index is -0.871. The summed E-state index contributed by atoms with van der Waals surface area (Å²) in [6.07, 6.45) is 1.28. The van der Waals surface area contributed by atoms with Crippen LogP contribution in [0.4, 0.5) is 0 Å². The van der Waals surface area contributed by atoms with Gasteiger partial charge in [0.1, 0.15) is 5.52 Å². The highest BCUT2D eigenvalue weighted by molar-refractivity contribution is 5.81. The van der Waals surface area contributed by atoms with Gasteiger partial charge in [0, 0.05) is 5.56 Å². The molecule has 4 heteroatoms. The first-order valence-electron chi connectivity index (χ1n) is 3.80. The van der Waals surface area contributed by atoms with Crippen molar-refractivity contribution in [1.29, 1.82) is 0 Å². The lowest BCUT2D eigenvalue weighted by Gasteiger charge is -1.95. The van der Waals surface area contributed by atoms with E-state index in [1.54, 1.807) is 18.2 Å². The molecule has 0 aliphatic rings. The number of rotatable bonds is 2. The van der Waals surface area contributed by atoms with Crippen molar-refractivity contribution in [1.82, 2.24) is 4.98 Å². The van der Waals surface area contributed by atoms with Crippen LogP contribution in [0.3, 0.4) is 0 Å². The summed E-state index contributed by atoms with van der Waals surface area (Å²) in [5.41, 5.74) is 1.91. The van der Waals surface area contributed by atoms with Crippen molar-refractivity contribution in [2.45, 2.75) is 6.42 Å². The SMILES string of the molecule is O=C(O)Cc1cccc2ncoc12. The van der Waals surface area contributed by atoms with Gasteiger partial charge in [-0.05, 0) is 6.07 Å². The zero-order valence-corrected chi connectivity index (χ0v) is 6.73. The van der Waals surface area contributed by atoms with Gasteiger partial charge in [0.15, 0.2) is 12.0 Å². The van der Waals surface area contributed by atoms with Crippen molar-refractivity contribution in [3.8, 4) is 0 Å². The first-order chi connectivity index (χ1) is 6.27. The highest BCUT2D eigenvalue weighted by atomic mass is 16.4. The Morgan fingerprint density at radius 2 is 2.38 bits per heavy atom. The Hall–Kier alpha value is -1.84. The van der Waals surface area contributed by atoms with E-state index < -0.39 is 5.97 Å². The summed E-state index contributed by atoms with van der Waals surface area (Å²) < 4.78 is 5.08. The second kappa shape index (κ2) is 2.90. The van der Waals surface area contributed by atoms with E-state index >= 15 is 0 Å². The molecule has 0 unspecified atom stereocenters. The van der Waals surface area contributed by atoms with Gasteiger partial charge in [-0.3, -0.25) is 4.79 Å². The van der Waals surface area contributed by atoms with Crippen LogP contribution < -0.4 is 0 Å². The normalized spacial score (nSPS) is 10.5. The maximum absolute atomic E-state index is 10.5. The summed E-state index contributed by atoms with van der Waals surface area (Å²) in [7, 11) is 0. The number of aromatic nitrogens is 1. The highest BCUT2D eigenvalue weighted by Gasteiger charge is 2.07. The third kappa shape index (κ3) is 1.38. The minimum absolute atomic E-state index is 0.0352. The molecule has 0 aliphatic heterocycles. The molecule has 13 heavy (non-hydrogen) atoms. The molecule has 0 saturated heterocycles. The summed E-state index contributed by atoms with van der Waals surface area (Å²) in [5.74, 6) is -0.871. The van der Waals surface area contributed by atoms with Crippen LogP contribution >= 0.6 is 0 Å². The van der Waals surface area contributed by atoms with Gasteiger partial charge in [-0.25, -0.2) is 4.98 Å². The van der Waals surface area contributed by atoms with Gasteiger partial charge in [-0.15, -0.1) is 0 Å². The molecule has 2 rings (SSSR count). The van der Waals surface area contributed by atoms with Crippen LogP contribution in [0.2, 0.25) is 0 Å². The molecular weight excluding hydrogens is 170 g/mol. The molecule has 0 aliphatic carbocycles. The van der Waals surface area contributed by atoms with Crippen LogP contribution in [0.25, 0.3) is 11.1 Å². The maximum atomic E-state index is 10.5. The Balaban J connectivity index is 2.54. The molecule has 1 aromatic carbocycles. The molecule has 0 amide bonds. The lowest BCUT2D eigenvalue weighted by Crippen LogP contribution is -1.99. The van der Waals surface area contributed by atoms with Crippen LogP contribution in [0.5, 0.6) is 0 Å². The Bertz CT molecular complexity index is 447. The van der Waals surface area contributed by atoms with Gasteiger partial charge in [0.25, 0.3) is 0 Å². The topological polar surface area (TPSA) is 63.3 Å². The number of carboxylic acid groups (broad SMARTS) is 1. The Labute approximate surface area is 73.8 Å². The van der Waals surface area contributed by atoms with Crippen LogP contribution in [0.1, 0.15) is 5.56 Å². The zero-order valence-electron chi connectivity index (χ0n) is 6.73. The van der Waals surface area contributed by atoms with Crippen LogP contribution in [-0.2, 0) is 11.2 Å². The maximum Gasteiger partial charge on any atom is 0.307 e. The van der Waals surface area contributed by atoms with Crippen molar-refractivity contribution in [2.75, 3.05) is 0 Å². The molecule has 4 nitrogen and oxygen atoms in total. The third-order valence-electron chi connectivity index (χ3n) is 1.78. The van der Waals surface area contributed by atoms with E-state index in [4.69, 9.17) is 9.52 Å². The number of carboxylic acids is 1. The van der Waals surface area contributed by atoms with E-state index in [9.17, 15) is 4.79 Å². The number of oxazole rings is 1. The molecule has 0 bridgehead atoms. The molecule has 0 radical (unpaired) electrons. The summed E-state index contributed by atoms with van der Waals surface area (Å²) >= 11 is 0. The number of hydrogen-bond acceptors (Lipinski definition) is 3. The molecule has 0 fully saturated rings. The molecule has 2 aromatic rings. The predicted molar refractivity (Wildman–Crippen MR) is 45.3 cm³/mol. The second-order valence-electron chi connectivity index (χ2n) is 2.69. The summed E-state index contributed by atoms with van der Waals surface area (Å²) in [6, 6.07) is 5.27. The molecule has 0 saturated carbocycles. The number of para-hydroxylation sites is 1. The molecule has 0 atom stereocenters. The Morgan fingerprint density at radius 3 is 3.15 bits per heavy atom. The minimum Gasteiger partial charge on any atom is -0.481 e. The van der Waals surface area contributed by atoms with Crippen molar-refractivity contribution in [3.63, 3.8) is 0 Å². The van der Waals surface area contributed by atoms with Gasteiger partial charge < -0.3 is 9.52 Å². The average Bonchev–Trinajstić information content (AvgIpc) is 2.51. The largest absolute Gasteiger partial charge is 0.481 e. The molecule has 1 N–H and O–H groups in total. The van der Waals surface area contributed by atoms with Crippen molar-refractivity contribution >= 4 is 17.1 Å². The van der Waals surface area contributed by atoms with Crippen LogP contribution in [0, 0.1) is 0 Å². The van der Waals surface area contributed by atoms with Crippen LogP contribution in [-0.4, -0.2) is 16.1 Å². The lowest BCUT2D eigenvalue weighted by molar-refractivity contribution is -0.136. The van der Waals surface area contributed by atoms with Crippen molar-refractivity contribution in [3.05, 3.63) is 30.2 Å². The molecule has 1 heterocycles. The van der Waals surface area contributed by atoms with E-state index in [1.165, 1.54) is 6.39 Å². The van der Waals surface area contributed by atoms with Gasteiger partial charge >= 0.3 is 5.97 Å². The fraction of sp³-hybridized carbons (Fsp3) is 0.111. The first-order valence-corrected chi connectivity index (χ1v) is 3.80. The zero-order chi connectivity index (χ0) is 9.26. The second-order valence-corrected chi connectivity index (χ2v) is 2.69. The summed E-state index contributed by atoms with van der Waals surface area (Å²) in [5, 5.41) is 8.60. The number of fused-ring (bicyclic) bond motifs is 1. The van der Waals surface area contributed by atoms with E-state index in [-0.39, 0.29) is 6.42 Å². The standard InChI is InChI=1S/C9H7NO3/c11-8(12)4-6-2-1-3-7-9(6)13-5-10-7/h1-3,5H,4H2,(H,11,12). The van der Waals surface area contributed by atoms with Gasteiger partial charge in [-0.1, -0.05) is 12.1 Å². The smallest absolute Gasteiger partial charge is 0.307 e. The number of aliphatic carboxylic acids is 1. The monoisotopic (exact) mass is 177 g/mol. The number of hydrogen-bond donors (Lipinski definition) is 1. The van der Waals surface area contributed by atoms with E-state index in [2.05, 4.69) is 4.98 Å². The average molecular weight is 177 g/mol. The van der Waals surface area contributed by atoms with Gasteiger partial charge in [0.05, 0.1) is 6.42 Å². The summed E-state index contributed by atoms with van der Waals surface area (Å²) in [4.78, 5) is 14.4. The Kier molecular flexibility index (Phi) is 1.73. The van der Waals surface area contributed by atoms with E-state index in [0.29, 0.717) is 16.7 Å². The Morgan fingerprint density at radius 1 is 1.54 bits per heavy atom. The number of carbonyl (C=O) groups is 1. The molecule has 1 aromatic heterocycles.